The van der Waals surface area contributed by atoms with Gasteiger partial charge in [-0.1, -0.05) is 140 Å². The third-order valence-corrected chi connectivity index (χ3v) is 11.8. The number of hydrogen-bond acceptors (Lipinski definition) is 5. The van der Waals surface area contributed by atoms with Crippen LogP contribution in [0.1, 0.15) is 0 Å². The summed E-state index contributed by atoms with van der Waals surface area (Å²) in [5.41, 5.74) is 5.77. The van der Waals surface area contributed by atoms with Crippen molar-refractivity contribution in [3.05, 3.63) is 176 Å². The summed E-state index contributed by atoms with van der Waals surface area (Å²) >= 11 is 0. The van der Waals surface area contributed by atoms with Gasteiger partial charge in [0.25, 0.3) is 0 Å². The van der Waals surface area contributed by atoms with Crippen molar-refractivity contribution in [2.24, 2.45) is 0 Å². The van der Waals surface area contributed by atoms with Crippen molar-refractivity contribution in [1.29, 1.82) is 0 Å². The molecule has 10 aromatic carbocycles. The monoisotopic (exact) mass is 739 g/mol. The molecule has 0 saturated carbocycles. The van der Waals surface area contributed by atoms with Gasteiger partial charge in [0.1, 0.15) is 22.3 Å². The molecule has 0 fully saturated rings. The zero-order valence-corrected chi connectivity index (χ0v) is 30.9. The molecule has 13 aromatic rings. The zero-order valence-electron chi connectivity index (χ0n) is 30.9. The Morgan fingerprint density at radius 1 is 0.293 bits per heavy atom. The lowest BCUT2D eigenvalue weighted by Crippen LogP contribution is -2.01. The van der Waals surface area contributed by atoms with Gasteiger partial charge in [-0.3, -0.25) is 0 Å². The minimum Gasteiger partial charge on any atom is -0.455 e. The molecular formula is C53H29N3O2. The van der Waals surface area contributed by atoms with E-state index in [0.29, 0.717) is 17.5 Å². The topological polar surface area (TPSA) is 65.0 Å². The highest BCUT2D eigenvalue weighted by atomic mass is 16.3. The molecule has 3 heterocycles. The third-order valence-electron chi connectivity index (χ3n) is 11.8. The Kier molecular flexibility index (Phi) is 6.38. The van der Waals surface area contributed by atoms with E-state index in [0.717, 1.165) is 104 Å². The van der Waals surface area contributed by atoms with E-state index in [4.69, 9.17) is 23.8 Å². The van der Waals surface area contributed by atoms with Crippen LogP contribution in [0.3, 0.4) is 0 Å². The van der Waals surface area contributed by atoms with E-state index >= 15 is 0 Å². The lowest BCUT2D eigenvalue weighted by atomic mass is 9.90. The van der Waals surface area contributed by atoms with Gasteiger partial charge < -0.3 is 8.83 Å². The Bertz CT molecular complexity index is 3880. The van der Waals surface area contributed by atoms with Crippen LogP contribution < -0.4 is 0 Å². The molecule has 0 aliphatic carbocycles. The van der Waals surface area contributed by atoms with Crippen LogP contribution in [-0.2, 0) is 0 Å². The Morgan fingerprint density at radius 2 is 0.862 bits per heavy atom. The molecule has 58 heavy (non-hydrogen) atoms. The first kappa shape index (κ1) is 31.3. The molecular weight excluding hydrogens is 711 g/mol. The van der Waals surface area contributed by atoms with Gasteiger partial charge in [0.05, 0.1) is 5.56 Å². The highest BCUT2D eigenvalue weighted by Gasteiger charge is 2.24. The van der Waals surface area contributed by atoms with Crippen LogP contribution in [0.2, 0.25) is 0 Å². The molecule has 0 aliphatic heterocycles. The molecule has 5 nitrogen and oxygen atoms in total. The molecule has 0 radical (unpaired) electrons. The van der Waals surface area contributed by atoms with Gasteiger partial charge >= 0.3 is 0 Å². The van der Waals surface area contributed by atoms with Gasteiger partial charge in [-0.15, -0.1) is 0 Å². The summed E-state index contributed by atoms with van der Waals surface area (Å²) in [7, 11) is 0. The largest absolute Gasteiger partial charge is 0.455 e. The van der Waals surface area contributed by atoms with Crippen LogP contribution in [0, 0.1) is 0 Å². The minimum atomic E-state index is 0.535. The van der Waals surface area contributed by atoms with Crippen molar-refractivity contribution in [3.8, 4) is 34.2 Å². The third kappa shape index (κ3) is 4.50. The molecule has 268 valence electrons. The predicted octanol–water partition coefficient (Wildman–Crippen LogP) is 14.4. The Balaban J connectivity index is 1.20. The van der Waals surface area contributed by atoms with Crippen molar-refractivity contribution >= 4 is 97.7 Å². The number of furan rings is 2. The normalized spacial score (nSPS) is 12.1. The quantitative estimate of drug-likeness (QED) is 0.169. The second-order valence-electron chi connectivity index (χ2n) is 15.1. The van der Waals surface area contributed by atoms with Crippen LogP contribution in [-0.4, -0.2) is 15.0 Å². The Hall–Kier alpha value is -7.89. The second kappa shape index (κ2) is 11.8. The van der Waals surface area contributed by atoms with E-state index in [-0.39, 0.29) is 0 Å². The lowest BCUT2D eigenvalue weighted by Gasteiger charge is -2.14. The van der Waals surface area contributed by atoms with E-state index in [2.05, 4.69) is 152 Å². The van der Waals surface area contributed by atoms with Gasteiger partial charge in [-0.05, 0) is 84.9 Å². The minimum absolute atomic E-state index is 0.535. The highest BCUT2D eigenvalue weighted by molar-refractivity contribution is 6.34. The van der Waals surface area contributed by atoms with Crippen molar-refractivity contribution in [2.75, 3.05) is 0 Å². The summed E-state index contributed by atoms with van der Waals surface area (Å²) in [5.74, 6) is 1.67. The summed E-state index contributed by atoms with van der Waals surface area (Å²) < 4.78 is 13.7. The van der Waals surface area contributed by atoms with Gasteiger partial charge in [0, 0.05) is 38.1 Å². The van der Waals surface area contributed by atoms with Crippen molar-refractivity contribution in [3.63, 3.8) is 0 Å². The molecule has 0 amide bonds. The molecule has 0 N–H and O–H groups in total. The maximum Gasteiger partial charge on any atom is 0.167 e. The Morgan fingerprint density at radius 3 is 1.66 bits per heavy atom. The highest BCUT2D eigenvalue weighted by Crippen LogP contribution is 2.47. The van der Waals surface area contributed by atoms with Gasteiger partial charge in [0.2, 0.25) is 0 Å². The average molecular weight is 740 g/mol. The van der Waals surface area contributed by atoms with Crippen LogP contribution in [0.25, 0.3) is 132 Å². The number of hydrogen-bond donors (Lipinski definition) is 0. The van der Waals surface area contributed by atoms with E-state index in [1.807, 2.05) is 24.3 Å². The van der Waals surface area contributed by atoms with Crippen LogP contribution in [0.15, 0.2) is 185 Å². The molecule has 0 bridgehead atoms. The molecule has 5 heteroatoms. The number of para-hydroxylation sites is 2. The van der Waals surface area contributed by atoms with E-state index in [1.54, 1.807) is 0 Å². The number of aromatic nitrogens is 3. The number of fused-ring (bicyclic) bond motifs is 15. The van der Waals surface area contributed by atoms with E-state index < -0.39 is 0 Å². The molecule has 3 aromatic heterocycles. The summed E-state index contributed by atoms with van der Waals surface area (Å²) in [6, 6.07) is 61.5. The fourth-order valence-electron chi connectivity index (χ4n) is 9.18. The molecule has 0 spiro atoms. The van der Waals surface area contributed by atoms with E-state index in [9.17, 15) is 0 Å². The predicted molar refractivity (Wildman–Crippen MR) is 238 cm³/mol. The fourth-order valence-corrected chi connectivity index (χ4v) is 9.18. The molecule has 13 rings (SSSR count). The van der Waals surface area contributed by atoms with E-state index in [1.165, 1.54) is 10.8 Å². The van der Waals surface area contributed by atoms with Crippen molar-refractivity contribution in [2.45, 2.75) is 0 Å². The lowest BCUT2D eigenvalue weighted by molar-refractivity contribution is 0.669. The molecule has 0 unspecified atom stereocenters. The smallest absolute Gasteiger partial charge is 0.167 e. The number of rotatable bonds is 3. The van der Waals surface area contributed by atoms with Crippen molar-refractivity contribution in [1.82, 2.24) is 15.0 Å². The summed E-state index contributed by atoms with van der Waals surface area (Å²) in [5, 5.41) is 15.4. The first-order valence-electron chi connectivity index (χ1n) is 19.5. The first-order valence-corrected chi connectivity index (χ1v) is 19.5. The van der Waals surface area contributed by atoms with Crippen LogP contribution in [0.4, 0.5) is 0 Å². The molecule has 0 atom stereocenters. The maximum absolute atomic E-state index is 7.08. The average Bonchev–Trinajstić information content (AvgIpc) is 3.86. The number of benzene rings is 10. The first-order chi connectivity index (χ1) is 28.7. The fraction of sp³-hybridized carbons (Fsp3) is 0. The molecule has 0 saturated heterocycles. The van der Waals surface area contributed by atoms with Gasteiger partial charge in [-0.2, -0.15) is 0 Å². The summed E-state index contributed by atoms with van der Waals surface area (Å²) in [6.07, 6.45) is 0. The summed E-state index contributed by atoms with van der Waals surface area (Å²) in [6.45, 7) is 0. The SMILES string of the molecule is c1ccc2cc(-c3nc(-c4cccc5c4oc4ccccc45)nc(-c4cc5c6ccccc6c6ccccc6c5c5oc6cc7ccccc7cc6c45)n3)ccc2c1. The maximum atomic E-state index is 7.08. The summed E-state index contributed by atoms with van der Waals surface area (Å²) in [4.78, 5) is 16.0. The van der Waals surface area contributed by atoms with Gasteiger partial charge in [-0.25, -0.2) is 15.0 Å². The Labute approximate surface area is 330 Å². The number of nitrogens with zero attached hydrogens (tertiary/aromatic N) is 3. The standard InChI is InChI=1S/C53H29N3O2/c1-2-13-31-26-34(25-24-30(31)12-1)51-54-52(41-22-11-21-40-38-19-9-10-23-45(38)57-49(40)41)56-53(55-51)44-29-42-37-18-6-5-16-35(37)36-17-7-8-20-39(36)47(42)50-48(44)43-27-32-14-3-4-15-33(32)28-46(43)58-50/h1-29H. The zero-order chi connectivity index (χ0) is 37.9. The molecule has 0 aliphatic rings. The van der Waals surface area contributed by atoms with Crippen LogP contribution in [0.5, 0.6) is 0 Å². The van der Waals surface area contributed by atoms with Crippen molar-refractivity contribution < 1.29 is 8.83 Å². The van der Waals surface area contributed by atoms with Gasteiger partial charge in [0.15, 0.2) is 17.5 Å². The van der Waals surface area contributed by atoms with Crippen LogP contribution >= 0.6 is 0 Å². The second-order valence-corrected chi connectivity index (χ2v) is 15.1.